The highest BCUT2D eigenvalue weighted by Crippen LogP contribution is 2.24. The molecule has 1 aliphatic heterocycles. The molecule has 4 rings (SSSR count). The van der Waals surface area contributed by atoms with Crippen LogP contribution >= 0.6 is 0 Å². The Bertz CT molecular complexity index is 1250. The third-order valence-electron chi connectivity index (χ3n) is 5.47. The van der Waals surface area contributed by atoms with E-state index < -0.39 is 18.0 Å². The van der Waals surface area contributed by atoms with E-state index >= 15 is 0 Å². The Balaban J connectivity index is 1.53. The van der Waals surface area contributed by atoms with Gasteiger partial charge in [0, 0.05) is 24.1 Å². The molecule has 0 aromatic heterocycles. The van der Waals surface area contributed by atoms with Gasteiger partial charge in [0.2, 0.25) is 17.9 Å². The van der Waals surface area contributed by atoms with E-state index in [9.17, 15) is 19.2 Å². The van der Waals surface area contributed by atoms with Crippen LogP contribution in [0, 0.1) is 13.8 Å². The number of anilines is 2. The van der Waals surface area contributed by atoms with Crippen molar-refractivity contribution in [2.45, 2.75) is 32.8 Å². The Morgan fingerprint density at radius 2 is 1.57 bits per heavy atom. The number of hydrazine groups is 1. The maximum absolute atomic E-state index is 13.2. The fourth-order valence-electron chi connectivity index (χ4n) is 3.86. The van der Waals surface area contributed by atoms with Crippen molar-refractivity contribution in [2.24, 2.45) is 0 Å². The van der Waals surface area contributed by atoms with Gasteiger partial charge in [-0.25, -0.2) is 9.80 Å². The van der Waals surface area contributed by atoms with E-state index in [-0.39, 0.29) is 30.2 Å². The van der Waals surface area contributed by atoms with Gasteiger partial charge in [0.1, 0.15) is 0 Å². The van der Waals surface area contributed by atoms with Crippen LogP contribution in [0.5, 0.6) is 0 Å². The lowest BCUT2D eigenvalue weighted by molar-refractivity contribution is -0.130. The van der Waals surface area contributed by atoms with Gasteiger partial charge in [-0.1, -0.05) is 36.4 Å². The van der Waals surface area contributed by atoms with Gasteiger partial charge >= 0.3 is 5.97 Å². The lowest BCUT2D eigenvalue weighted by atomic mass is 10.1. The summed E-state index contributed by atoms with van der Waals surface area (Å²) in [6.45, 7) is 3.87. The summed E-state index contributed by atoms with van der Waals surface area (Å²) in [5, 5.41) is 4.00. The maximum Gasteiger partial charge on any atom is 0.339 e. The second-order valence-electron chi connectivity index (χ2n) is 8.37. The molecule has 0 saturated carbocycles. The van der Waals surface area contributed by atoms with Crippen LogP contribution in [-0.4, -0.2) is 23.7 Å². The summed E-state index contributed by atoms with van der Waals surface area (Å²) < 4.78 is 5.64. The van der Waals surface area contributed by atoms with Gasteiger partial charge in [-0.15, -0.1) is 0 Å². The molecule has 3 amide bonds. The lowest BCUT2D eigenvalue weighted by Gasteiger charge is -2.27. The number of benzene rings is 3. The zero-order chi connectivity index (χ0) is 24.9. The van der Waals surface area contributed by atoms with Crippen molar-refractivity contribution in [1.29, 1.82) is 0 Å². The Morgan fingerprint density at radius 1 is 0.914 bits per heavy atom. The number of nitrogens with one attached hydrogen (secondary N) is 2. The average molecular weight is 472 g/mol. The van der Waals surface area contributed by atoms with Crippen LogP contribution in [0.4, 0.5) is 11.4 Å². The number of hydrogen-bond donors (Lipinski definition) is 2. The molecule has 1 saturated heterocycles. The van der Waals surface area contributed by atoms with Gasteiger partial charge in [-0.2, -0.15) is 0 Å². The molecule has 0 radical (unpaired) electrons. The van der Waals surface area contributed by atoms with Crippen molar-refractivity contribution in [3.05, 3.63) is 95.1 Å². The number of carbonyl (C=O) groups is 4. The number of nitrogens with zero attached hydrogens (tertiary/aromatic N) is 1. The number of rotatable bonds is 6. The Kier molecular flexibility index (Phi) is 6.91. The number of aryl methyl sites for hydroxylation is 2. The van der Waals surface area contributed by atoms with E-state index in [1.54, 1.807) is 24.3 Å². The minimum atomic E-state index is -1.17. The largest absolute Gasteiger partial charge is 0.444 e. The monoisotopic (exact) mass is 471 g/mol. The second kappa shape index (κ2) is 10.2. The molecular formula is C27H25N3O5. The SMILES string of the molecule is Cc1cc(C)cc(NC(=O)C(OC(=O)c2ccc(N3NC(=O)CCC3=O)cc2)c2ccccc2)c1. The minimum Gasteiger partial charge on any atom is -0.444 e. The molecule has 0 aliphatic carbocycles. The van der Waals surface area contributed by atoms with E-state index in [1.807, 2.05) is 38.1 Å². The Hall–Kier alpha value is -4.46. The molecule has 1 atom stereocenters. The number of hydrogen-bond acceptors (Lipinski definition) is 5. The van der Waals surface area contributed by atoms with E-state index in [0.29, 0.717) is 16.9 Å². The molecule has 178 valence electrons. The van der Waals surface area contributed by atoms with Crippen LogP contribution in [-0.2, 0) is 19.1 Å². The number of amides is 3. The van der Waals surface area contributed by atoms with Gasteiger partial charge in [-0.3, -0.25) is 19.8 Å². The van der Waals surface area contributed by atoms with Crippen LogP contribution in [0.1, 0.15) is 46.0 Å². The predicted molar refractivity (Wildman–Crippen MR) is 130 cm³/mol. The predicted octanol–water partition coefficient (Wildman–Crippen LogP) is 4.00. The summed E-state index contributed by atoms with van der Waals surface area (Å²) in [7, 11) is 0. The summed E-state index contributed by atoms with van der Waals surface area (Å²) in [6, 6.07) is 20.5. The van der Waals surface area contributed by atoms with Gasteiger partial charge < -0.3 is 10.1 Å². The van der Waals surface area contributed by atoms with E-state index in [4.69, 9.17) is 4.74 Å². The molecule has 1 unspecified atom stereocenters. The first-order valence-electron chi connectivity index (χ1n) is 11.2. The second-order valence-corrected chi connectivity index (χ2v) is 8.37. The van der Waals surface area contributed by atoms with Crippen molar-refractivity contribution >= 4 is 35.1 Å². The smallest absolute Gasteiger partial charge is 0.339 e. The van der Waals surface area contributed by atoms with Gasteiger partial charge in [-0.05, 0) is 61.4 Å². The highest BCUT2D eigenvalue weighted by Gasteiger charge is 2.27. The first-order chi connectivity index (χ1) is 16.8. The summed E-state index contributed by atoms with van der Waals surface area (Å²) >= 11 is 0. The first-order valence-corrected chi connectivity index (χ1v) is 11.2. The van der Waals surface area contributed by atoms with Crippen LogP contribution in [0.15, 0.2) is 72.8 Å². The topological polar surface area (TPSA) is 105 Å². The van der Waals surface area contributed by atoms with Gasteiger partial charge in [0.25, 0.3) is 5.91 Å². The molecular weight excluding hydrogens is 446 g/mol. The van der Waals surface area contributed by atoms with E-state index in [1.165, 1.54) is 24.3 Å². The fourth-order valence-corrected chi connectivity index (χ4v) is 3.86. The normalized spacial score (nSPS) is 14.2. The Morgan fingerprint density at radius 3 is 2.23 bits per heavy atom. The van der Waals surface area contributed by atoms with Crippen LogP contribution in [0.25, 0.3) is 0 Å². The van der Waals surface area contributed by atoms with Crippen LogP contribution in [0.3, 0.4) is 0 Å². The van der Waals surface area contributed by atoms with E-state index in [0.717, 1.165) is 16.1 Å². The van der Waals surface area contributed by atoms with Crippen molar-refractivity contribution in [1.82, 2.24) is 5.43 Å². The zero-order valence-electron chi connectivity index (χ0n) is 19.4. The molecule has 0 spiro atoms. The average Bonchev–Trinajstić information content (AvgIpc) is 2.84. The zero-order valence-corrected chi connectivity index (χ0v) is 19.4. The molecule has 3 aromatic carbocycles. The van der Waals surface area contributed by atoms with Crippen molar-refractivity contribution < 1.29 is 23.9 Å². The standard InChI is InChI=1S/C27H25N3O5/c1-17-14-18(2)16-21(15-17)28-26(33)25(19-6-4-3-5-7-19)35-27(34)20-8-10-22(11-9-20)30-24(32)13-12-23(31)29-30/h3-11,14-16,25H,12-13H2,1-2H3,(H,28,33)(H,29,31). The number of carbonyl (C=O) groups excluding carboxylic acids is 4. The molecule has 8 heteroatoms. The quantitative estimate of drug-likeness (QED) is 0.529. The third-order valence-corrected chi connectivity index (χ3v) is 5.47. The fraction of sp³-hybridized carbons (Fsp3) is 0.185. The molecule has 2 N–H and O–H groups in total. The van der Waals surface area contributed by atoms with Gasteiger partial charge in [0.15, 0.2) is 0 Å². The van der Waals surface area contributed by atoms with Crippen molar-refractivity contribution in [2.75, 3.05) is 10.3 Å². The molecule has 35 heavy (non-hydrogen) atoms. The minimum absolute atomic E-state index is 0.115. The summed E-state index contributed by atoms with van der Waals surface area (Å²) in [6.07, 6.45) is -0.915. The summed E-state index contributed by atoms with van der Waals surface area (Å²) in [4.78, 5) is 49.8. The molecule has 3 aromatic rings. The van der Waals surface area contributed by atoms with Crippen molar-refractivity contribution in [3.8, 4) is 0 Å². The summed E-state index contributed by atoms with van der Waals surface area (Å²) in [5.41, 5.74) is 6.26. The van der Waals surface area contributed by atoms with Crippen LogP contribution < -0.4 is 15.8 Å². The Labute approximate surface area is 202 Å². The van der Waals surface area contributed by atoms with E-state index in [2.05, 4.69) is 10.7 Å². The summed E-state index contributed by atoms with van der Waals surface area (Å²) in [5.74, 6) is -1.68. The van der Waals surface area contributed by atoms with Gasteiger partial charge in [0.05, 0.1) is 11.3 Å². The van der Waals surface area contributed by atoms with Crippen molar-refractivity contribution in [3.63, 3.8) is 0 Å². The molecule has 0 bridgehead atoms. The first kappa shape index (κ1) is 23.7. The highest BCUT2D eigenvalue weighted by atomic mass is 16.5. The molecule has 8 nitrogen and oxygen atoms in total. The molecule has 1 heterocycles. The highest BCUT2D eigenvalue weighted by molar-refractivity contribution is 6.02. The molecule has 1 fully saturated rings. The maximum atomic E-state index is 13.2. The molecule has 1 aliphatic rings. The number of esters is 1. The number of ether oxygens (including phenoxy) is 1. The van der Waals surface area contributed by atoms with Crippen LogP contribution in [0.2, 0.25) is 0 Å². The third kappa shape index (κ3) is 5.73. The lowest BCUT2D eigenvalue weighted by Crippen LogP contribution is -2.50.